The number of nitrogens with zero attached hydrogens (tertiary/aromatic N) is 4. The summed E-state index contributed by atoms with van der Waals surface area (Å²) in [5, 5.41) is 13.1. The maximum Gasteiger partial charge on any atom is 0.220 e. The van der Waals surface area contributed by atoms with Crippen LogP contribution in [0.3, 0.4) is 0 Å². The largest absolute Gasteiger partial charge is 0.472 e. The Morgan fingerprint density at radius 2 is 2.31 bits per heavy atom. The van der Waals surface area contributed by atoms with Crippen molar-refractivity contribution in [3.05, 3.63) is 36.5 Å². The lowest BCUT2D eigenvalue weighted by Gasteiger charge is -2.26. The van der Waals surface area contributed by atoms with Crippen molar-refractivity contribution in [2.75, 3.05) is 37.0 Å². The van der Waals surface area contributed by atoms with Gasteiger partial charge in [-0.25, -0.2) is 9.97 Å². The first kappa shape index (κ1) is 18.2. The van der Waals surface area contributed by atoms with Crippen LogP contribution >= 0.6 is 0 Å². The third kappa shape index (κ3) is 4.51. The van der Waals surface area contributed by atoms with Gasteiger partial charge in [-0.15, -0.1) is 0 Å². The third-order valence-corrected chi connectivity index (χ3v) is 4.54. The minimum absolute atomic E-state index is 0.00721. The monoisotopic (exact) mass is 359 g/mol. The van der Waals surface area contributed by atoms with Gasteiger partial charge in [0, 0.05) is 39.7 Å². The van der Waals surface area contributed by atoms with Crippen LogP contribution in [0, 0.1) is 0 Å². The van der Waals surface area contributed by atoms with E-state index in [4.69, 9.17) is 4.42 Å². The second-order valence-corrected chi connectivity index (χ2v) is 6.76. The number of β-amino-alcohol motifs (C(OH)–C–C–N with tert-alkyl or cyclic N) is 1. The molecule has 8 nitrogen and oxygen atoms in total. The summed E-state index contributed by atoms with van der Waals surface area (Å²) in [5.41, 5.74) is 1.01. The van der Waals surface area contributed by atoms with E-state index in [1.54, 1.807) is 12.5 Å². The number of aryl methyl sites for hydroxylation is 1. The van der Waals surface area contributed by atoms with E-state index in [2.05, 4.69) is 15.3 Å². The van der Waals surface area contributed by atoms with Crippen LogP contribution in [0.2, 0.25) is 0 Å². The van der Waals surface area contributed by atoms with Gasteiger partial charge in [-0.2, -0.15) is 0 Å². The van der Waals surface area contributed by atoms with Crippen LogP contribution in [0.1, 0.15) is 18.4 Å². The highest BCUT2D eigenvalue weighted by atomic mass is 16.3. The number of amides is 1. The number of hydrogen-bond donors (Lipinski definition) is 2. The highest BCUT2D eigenvalue weighted by Gasteiger charge is 2.32. The Bertz CT molecular complexity index is 719. The Morgan fingerprint density at radius 1 is 1.46 bits per heavy atom. The molecule has 0 spiro atoms. The molecule has 0 aromatic carbocycles. The van der Waals surface area contributed by atoms with E-state index < -0.39 is 6.10 Å². The van der Waals surface area contributed by atoms with Crippen molar-refractivity contribution in [1.82, 2.24) is 15.3 Å². The zero-order chi connectivity index (χ0) is 18.5. The molecule has 0 radical (unpaired) electrons. The van der Waals surface area contributed by atoms with E-state index in [0.717, 1.165) is 17.2 Å². The number of aliphatic hydroxyl groups excluding tert-OH is 1. The fourth-order valence-corrected chi connectivity index (χ4v) is 3.12. The van der Waals surface area contributed by atoms with Gasteiger partial charge in [0.25, 0.3) is 0 Å². The van der Waals surface area contributed by atoms with Gasteiger partial charge in [0.05, 0.1) is 24.7 Å². The van der Waals surface area contributed by atoms with Crippen LogP contribution in [0.25, 0.3) is 0 Å². The van der Waals surface area contributed by atoms with E-state index >= 15 is 0 Å². The van der Waals surface area contributed by atoms with Gasteiger partial charge >= 0.3 is 0 Å². The predicted octanol–water partition coefficient (Wildman–Crippen LogP) is 0.824. The maximum absolute atomic E-state index is 12.1. The number of anilines is 2. The Morgan fingerprint density at radius 3 is 3.04 bits per heavy atom. The molecule has 2 N–H and O–H groups in total. The summed E-state index contributed by atoms with van der Waals surface area (Å²) in [6.07, 6.45) is 6.01. The predicted molar refractivity (Wildman–Crippen MR) is 98.2 cm³/mol. The Labute approximate surface area is 152 Å². The smallest absolute Gasteiger partial charge is 0.220 e. The summed E-state index contributed by atoms with van der Waals surface area (Å²) < 4.78 is 5.01. The fraction of sp³-hybridized carbons (Fsp3) is 0.500. The lowest BCUT2D eigenvalue weighted by molar-refractivity contribution is -0.121. The molecule has 1 amide bonds. The standard InChI is InChI=1S/C18H25N5O3/c1-22(2)16-8-17(21-12-20-16)23-10-15(24)7-14(23)9-19-18(25)4-3-13-5-6-26-11-13/h5-6,8,11-12,14-15,24H,3-4,7,9-10H2,1-2H3,(H,19,25)/t14-,15-/m1/s1. The Kier molecular flexibility index (Phi) is 5.72. The maximum atomic E-state index is 12.1. The van der Waals surface area contributed by atoms with Crippen molar-refractivity contribution < 1.29 is 14.3 Å². The molecule has 0 saturated carbocycles. The van der Waals surface area contributed by atoms with E-state index in [1.807, 2.05) is 36.0 Å². The molecule has 1 aliphatic rings. The van der Waals surface area contributed by atoms with Crippen LogP contribution in [0.15, 0.2) is 35.4 Å². The van der Waals surface area contributed by atoms with E-state index in [-0.39, 0.29) is 11.9 Å². The molecule has 26 heavy (non-hydrogen) atoms. The molecule has 8 heteroatoms. The van der Waals surface area contributed by atoms with E-state index in [9.17, 15) is 9.90 Å². The number of aliphatic hydroxyl groups is 1. The Hall–Kier alpha value is -2.61. The molecule has 2 atom stereocenters. The number of carbonyl (C=O) groups excluding carboxylic acids is 1. The van der Waals surface area contributed by atoms with Crippen molar-refractivity contribution in [1.29, 1.82) is 0 Å². The van der Waals surface area contributed by atoms with Gasteiger partial charge < -0.3 is 24.6 Å². The van der Waals surface area contributed by atoms with Crippen molar-refractivity contribution in [3.8, 4) is 0 Å². The molecular formula is C18H25N5O3. The third-order valence-electron chi connectivity index (χ3n) is 4.54. The SMILES string of the molecule is CN(C)c1cc(N2C[C@H](O)C[C@@H]2CNC(=O)CCc2ccoc2)ncn1. The zero-order valence-corrected chi connectivity index (χ0v) is 15.1. The Balaban J connectivity index is 1.57. The zero-order valence-electron chi connectivity index (χ0n) is 15.1. The summed E-state index contributed by atoms with van der Waals surface area (Å²) in [5.74, 6) is 1.56. The number of carbonyl (C=O) groups is 1. The van der Waals surface area contributed by atoms with Crippen LogP contribution in [-0.2, 0) is 11.2 Å². The molecule has 3 heterocycles. The highest BCUT2D eigenvalue weighted by Crippen LogP contribution is 2.25. The molecule has 1 fully saturated rings. The van der Waals surface area contributed by atoms with Gasteiger partial charge in [0.2, 0.25) is 5.91 Å². The van der Waals surface area contributed by atoms with Crippen molar-refractivity contribution in [2.24, 2.45) is 0 Å². The quantitative estimate of drug-likeness (QED) is 0.756. The van der Waals surface area contributed by atoms with Crippen LogP contribution in [0.5, 0.6) is 0 Å². The highest BCUT2D eigenvalue weighted by molar-refractivity contribution is 5.76. The second-order valence-electron chi connectivity index (χ2n) is 6.76. The summed E-state index contributed by atoms with van der Waals surface area (Å²) in [6.45, 7) is 0.974. The normalized spacial score (nSPS) is 19.6. The molecule has 140 valence electrons. The summed E-state index contributed by atoms with van der Waals surface area (Å²) >= 11 is 0. The number of hydrogen-bond acceptors (Lipinski definition) is 7. The summed E-state index contributed by atoms with van der Waals surface area (Å²) in [7, 11) is 3.84. The minimum atomic E-state index is -0.430. The van der Waals surface area contributed by atoms with E-state index in [0.29, 0.717) is 32.4 Å². The molecule has 1 saturated heterocycles. The first-order chi connectivity index (χ1) is 12.5. The topological polar surface area (TPSA) is 94.7 Å². The van der Waals surface area contributed by atoms with Gasteiger partial charge in [0.15, 0.2) is 0 Å². The number of nitrogens with one attached hydrogen (secondary N) is 1. The second kappa shape index (κ2) is 8.18. The molecule has 2 aromatic rings. The lowest BCUT2D eigenvalue weighted by Crippen LogP contribution is -2.40. The van der Waals surface area contributed by atoms with Crippen molar-refractivity contribution >= 4 is 17.5 Å². The van der Waals surface area contributed by atoms with Gasteiger partial charge in [-0.05, 0) is 24.5 Å². The number of rotatable bonds is 7. The summed E-state index contributed by atoms with van der Waals surface area (Å²) in [4.78, 5) is 24.6. The number of aromatic nitrogens is 2. The molecule has 0 unspecified atom stereocenters. The van der Waals surface area contributed by atoms with Crippen LogP contribution in [0.4, 0.5) is 11.6 Å². The molecule has 2 aromatic heterocycles. The van der Waals surface area contributed by atoms with Gasteiger partial charge in [-0.1, -0.05) is 0 Å². The first-order valence-electron chi connectivity index (χ1n) is 8.75. The number of furan rings is 1. The van der Waals surface area contributed by atoms with Crippen molar-refractivity contribution in [2.45, 2.75) is 31.4 Å². The van der Waals surface area contributed by atoms with Crippen LogP contribution in [-0.4, -0.2) is 60.3 Å². The molecule has 1 aliphatic heterocycles. The van der Waals surface area contributed by atoms with E-state index in [1.165, 1.54) is 6.33 Å². The minimum Gasteiger partial charge on any atom is -0.472 e. The molecule has 0 bridgehead atoms. The molecule has 3 rings (SSSR count). The average molecular weight is 359 g/mol. The molecular weight excluding hydrogens is 334 g/mol. The summed E-state index contributed by atoms with van der Waals surface area (Å²) in [6, 6.07) is 3.76. The lowest BCUT2D eigenvalue weighted by atomic mass is 10.1. The molecule has 0 aliphatic carbocycles. The van der Waals surface area contributed by atoms with Crippen LogP contribution < -0.4 is 15.1 Å². The van der Waals surface area contributed by atoms with Crippen molar-refractivity contribution in [3.63, 3.8) is 0 Å². The fourth-order valence-electron chi connectivity index (χ4n) is 3.12. The van der Waals surface area contributed by atoms with Gasteiger partial charge in [-0.3, -0.25) is 4.79 Å². The average Bonchev–Trinajstić information content (AvgIpc) is 3.27. The van der Waals surface area contributed by atoms with Gasteiger partial charge in [0.1, 0.15) is 18.0 Å². The first-order valence-corrected chi connectivity index (χ1v) is 8.75.